The van der Waals surface area contributed by atoms with E-state index in [4.69, 9.17) is 4.74 Å². The Kier molecular flexibility index (Phi) is 3.98. The van der Waals surface area contributed by atoms with Gasteiger partial charge >= 0.3 is 0 Å². The zero-order chi connectivity index (χ0) is 18.2. The zero-order valence-electron chi connectivity index (χ0n) is 14.5. The van der Waals surface area contributed by atoms with Crippen molar-refractivity contribution in [2.24, 2.45) is 0 Å². The molecule has 2 aromatic heterocycles. The summed E-state index contributed by atoms with van der Waals surface area (Å²) in [5.74, 6) is 0.585. The molecule has 1 fully saturated rings. The van der Waals surface area contributed by atoms with Gasteiger partial charge in [0.05, 0.1) is 28.7 Å². The van der Waals surface area contributed by atoms with Crippen molar-refractivity contribution in [3.05, 3.63) is 65.7 Å². The summed E-state index contributed by atoms with van der Waals surface area (Å²) in [7, 11) is 0. The molecule has 1 aliphatic heterocycles. The van der Waals surface area contributed by atoms with Crippen molar-refractivity contribution in [3.63, 3.8) is 0 Å². The maximum Gasteiger partial charge on any atom is 0.264 e. The molecule has 0 aliphatic carbocycles. The third-order valence-corrected chi connectivity index (χ3v) is 5.89. The number of aromatic nitrogens is 2. The first kappa shape index (κ1) is 16.2. The molecule has 1 saturated heterocycles. The molecule has 3 heterocycles. The minimum absolute atomic E-state index is 0.0567. The van der Waals surface area contributed by atoms with Gasteiger partial charge < -0.3 is 9.64 Å². The van der Waals surface area contributed by atoms with E-state index in [1.54, 1.807) is 17.5 Å². The highest BCUT2D eigenvalue weighted by atomic mass is 32.1. The van der Waals surface area contributed by atoms with Crippen LogP contribution in [0.2, 0.25) is 0 Å². The van der Waals surface area contributed by atoms with Gasteiger partial charge in [0.2, 0.25) is 5.88 Å². The van der Waals surface area contributed by atoms with Crippen LogP contribution in [0.3, 0.4) is 0 Å². The van der Waals surface area contributed by atoms with E-state index in [0.29, 0.717) is 19.0 Å². The average Bonchev–Trinajstić information content (AvgIpc) is 3.34. The summed E-state index contributed by atoms with van der Waals surface area (Å²) in [6, 6.07) is 17.8. The molecule has 0 bridgehead atoms. The van der Waals surface area contributed by atoms with Crippen molar-refractivity contribution in [2.75, 3.05) is 13.1 Å². The third kappa shape index (κ3) is 3.13. The van der Waals surface area contributed by atoms with Crippen molar-refractivity contribution < 1.29 is 9.53 Å². The molecule has 1 amide bonds. The van der Waals surface area contributed by atoms with Crippen molar-refractivity contribution >= 4 is 38.4 Å². The van der Waals surface area contributed by atoms with E-state index < -0.39 is 0 Å². The Morgan fingerprint density at radius 2 is 1.93 bits per heavy atom. The van der Waals surface area contributed by atoms with E-state index in [2.05, 4.69) is 9.97 Å². The summed E-state index contributed by atoms with van der Waals surface area (Å²) in [6.45, 7) is 1.26. The number of carbonyl (C=O) groups excluding carboxylic acids is 1. The Hall–Kier alpha value is -2.99. The molecular weight excluding hydrogens is 358 g/mol. The lowest BCUT2D eigenvalue weighted by molar-refractivity contribution is 0.0776. The van der Waals surface area contributed by atoms with Crippen LogP contribution in [0, 0.1) is 0 Å². The Balaban J connectivity index is 1.29. The number of hydrogen-bond acceptors (Lipinski definition) is 5. The lowest BCUT2D eigenvalue weighted by Gasteiger charge is -2.16. The van der Waals surface area contributed by atoms with E-state index in [1.807, 2.05) is 59.5 Å². The zero-order valence-corrected chi connectivity index (χ0v) is 15.4. The van der Waals surface area contributed by atoms with Crippen LogP contribution < -0.4 is 4.74 Å². The molecule has 5 nitrogen and oxygen atoms in total. The largest absolute Gasteiger partial charge is 0.471 e. The molecular formula is C21H17N3O2S. The van der Waals surface area contributed by atoms with Crippen LogP contribution in [0.4, 0.5) is 0 Å². The number of thiophene rings is 1. The first-order chi connectivity index (χ1) is 13.3. The molecule has 6 heteroatoms. The molecule has 27 heavy (non-hydrogen) atoms. The number of ether oxygens (including phenoxy) is 1. The topological polar surface area (TPSA) is 55.3 Å². The molecule has 0 N–H and O–H groups in total. The summed E-state index contributed by atoms with van der Waals surface area (Å²) in [5.41, 5.74) is 1.66. The van der Waals surface area contributed by atoms with Crippen molar-refractivity contribution in [1.82, 2.24) is 14.9 Å². The Morgan fingerprint density at radius 3 is 2.81 bits per heavy atom. The Bertz CT molecular complexity index is 1110. The standard InChI is InChI=1S/C21H17N3O2S/c25-21(19-11-14-5-1-4-8-18(14)27-19)24-10-9-15(13-24)26-20-12-22-16-6-2-3-7-17(16)23-20/h1-8,11-12,15H,9-10,13H2. The summed E-state index contributed by atoms with van der Waals surface area (Å²) in [5, 5.41) is 1.12. The minimum Gasteiger partial charge on any atom is -0.471 e. The van der Waals surface area contributed by atoms with Crippen LogP contribution in [0.5, 0.6) is 5.88 Å². The van der Waals surface area contributed by atoms with Gasteiger partial charge in [0.15, 0.2) is 0 Å². The van der Waals surface area contributed by atoms with Gasteiger partial charge in [-0.05, 0) is 29.7 Å². The maximum absolute atomic E-state index is 12.8. The van der Waals surface area contributed by atoms with E-state index in [-0.39, 0.29) is 12.0 Å². The lowest BCUT2D eigenvalue weighted by atomic mass is 10.2. The third-order valence-electron chi connectivity index (χ3n) is 4.78. The van der Waals surface area contributed by atoms with E-state index in [0.717, 1.165) is 32.4 Å². The van der Waals surface area contributed by atoms with E-state index >= 15 is 0 Å². The van der Waals surface area contributed by atoms with Crippen LogP contribution in [-0.4, -0.2) is 40.0 Å². The predicted molar refractivity (Wildman–Crippen MR) is 106 cm³/mol. The summed E-state index contributed by atoms with van der Waals surface area (Å²) in [4.78, 5) is 24.4. The lowest BCUT2D eigenvalue weighted by Crippen LogP contribution is -2.30. The number of fused-ring (bicyclic) bond motifs is 2. The van der Waals surface area contributed by atoms with Gasteiger partial charge in [-0.25, -0.2) is 9.97 Å². The van der Waals surface area contributed by atoms with Gasteiger partial charge in [0.1, 0.15) is 6.10 Å². The summed E-state index contributed by atoms with van der Waals surface area (Å²) in [6.07, 6.45) is 2.39. The van der Waals surface area contributed by atoms with Crippen LogP contribution in [0.15, 0.2) is 60.8 Å². The van der Waals surface area contributed by atoms with Crippen LogP contribution in [-0.2, 0) is 0 Å². The van der Waals surface area contributed by atoms with E-state index in [1.165, 1.54) is 0 Å². The normalized spacial score (nSPS) is 16.9. The molecule has 4 aromatic rings. The second kappa shape index (κ2) is 6.63. The van der Waals surface area contributed by atoms with Crippen LogP contribution >= 0.6 is 11.3 Å². The van der Waals surface area contributed by atoms with Crippen LogP contribution in [0.1, 0.15) is 16.1 Å². The molecule has 5 rings (SSSR count). The number of hydrogen-bond donors (Lipinski definition) is 0. The van der Waals surface area contributed by atoms with Crippen molar-refractivity contribution in [1.29, 1.82) is 0 Å². The Labute approximate surface area is 160 Å². The fourth-order valence-corrected chi connectivity index (χ4v) is 4.45. The second-order valence-electron chi connectivity index (χ2n) is 6.63. The quantitative estimate of drug-likeness (QED) is 0.540. The SMILES string of the molecule is O=C(c1cc2ccccc2s1)N1CCC(Oc2cnc3ccccc3n2)C1. The fourth-order valence-electron chi connectivity index (χ4n) is 3.42. The molecule has 0 spiro atoms. The highest BCUT2D eigenvalue weighted by Gasteiger charge is 2.29. The van der Waals surface area contributed by atoms with Crippen molar-refractivity contribution in [2.45, 2.75) is 12.5 Å². The molecule has 1 unspecified atom stereocenters. The molecule has 0 saturated carbocycles. The number of carbonyl (C=O) groups is 1. The van der Waals surface area contributed by atoms with E-state index in [9.17, 15) is 4.79 Å². The fraction of sp³-hybridized carbons (Fsp3) is 0.190. The maximum atomic E-state index is 12.8. The van der Waals surface area contributed by atoms with Gasteiger partial charge in [0, 0.05) is 17.7 Å². The number of amides is 1. The molecule has 2 aromatic carbocycles. The predicted octanol–water partition coefficient (Wildman–Crippen LogP) is 4.14. The first-order valence-electron chi connectivity index (χ1n) is 8.92. The molecule has 1 aliphatic rings. The molecule has 1 atom stereocenters. The minimum atomic E-state index is -0.0567. The highest BCUT2D eigenvalue weighted by Crippen LogP contribution is 2.28. The van der Waals surface area contributed by atoms with Crippen molar-refractivity contribution in [3.8, 4) is 5.88 Å². The van der Waals surface area contributed by atoms with Crippen LogP contribution in [0.25, 0.3) is 21.1 Å². The number of likely N-dealkylation sites (tertiary alicyclic amines) is 1. The smallest absolute Gasteiger partial charge is 0.264 e. The monoisotopic (exact) mass is 375 g/mol. The highest BCUT2D eigenvalue weighted by molar-refractivity contribution is 7.20. The molecule has 134 valence electrons. The number of nitrogens with zero attached hydrogens (tertiary/aromatic N) is 3. The molecule has 0 radical (unpaired) electrons. The number of para-hydroxylation sites is 2. The number of rotatable bonds is 3. The second-order valence-corrected chi connectivity index (χ2v) is 7.71. The summed E-state index contributed by atoms with van der Waals surface area (Å²) >= 11 is 1.54. The summed E-state index contributed by atoms with van der Waals surface area (Å²) < 4.78 is 7.13. The van der Waals surface area contributed by atoms with Gasteiger partial charge in [-0.2, -0.15) is 0 Å². The van der Waals surface area contributed by atoms with Gasteiger partial charge in [-0.1, -0.05) is 30.3 Å². The average molecular weight is 375 g/mol. The Morgan fingerprint density at radius 1 is 1.11 bits per heavy atom. The number of benzene rings is 2. The van der Waals surface area contributed by atoms with Gasteiger partial charge in [0.25, 0.3) is 5.91 Å². The van der Waals surface area contributed by atoms with Gasteiger partial charge in [-0.15, -0.1) is 11.3 Å². The van der Waals surface area contributed by atoms with Gasteiger partial charge in [-0.3, -0.25) is 4.79 Å². The first-order valence-corrected chi connectivity index (χ1v) is 9.74.